The zero-order valence-electron chi connectivity index (χ0n) is 36.4. The molecule has 6 aromatic heterocycles. The number of anilines is 7. The lowest BCUT2D eigenvalue weighted by Crippen LogP contribution is -2.18. The summed E-state index contributed by atoms with van der Waals surface area (Å²) in [6, 6.07) is 21.9. The van der Waals surface area contributed by atoms with E-state index < -0.39 is 0 Å². The second-order valence-electron chi connectivity index (χ2n) is 14.1. The van der Waals surface area contributed by atoms with E-state index in [1.54, 1.807) is 68.7 Å². The highest BCUT2D eigenvalue weighted by atomic mass is 35.5. The van der Waals surface area contributed by atoms with Crippen LogP contribution in [0.4, 0.5) is 41.0 Å². The number of nitrogens with one attached hydrogen (secondary N) is 5. The van der Waals surface area contributed by atoms with Crippen molar-refractivity contribution in [2.75, 3.05) is 80.4 Å². The van der Waals surface area contributed by atoms with Crippen molar-refractivity contribution in [1.29, 1.82) is 0 Å². The van der Waals surface area contributed by atoms with Gasteiger partial charge in [-0.1, -0.05) is 48.0 Å². The molecule has 330 valence electrons. The fourth-order valence-corrected chi connectivity index (χ4v) is 6.82. The molecule has 6 heterocycles. The third-order valence-corrected chi connectivity index (χ3v) is 10.1. The molecule has 3 aromatic carbocycles. The van der Waals surface area contributed by atoms with Gasteiger partial charge in [-0.3, -0.25) is 13.2 Å². The van der Waals surface area contributed by atoms with Crippen LogP contribution in [-0.2, 0) is 13.0 Å². The first-order valence-electron chi connectivity index (χ1n) is 20.1. The van der Waals surface area contributed by atoms with Gasteiger partial charge in [-0.2, -0.15) is 0 Å². The minimum atomic E-state index is 0.557. The van der Waals surface area contributed by atoms with Gasteiger partial charge in [-0.25, -0.2) is 15.0 Å². The molecule has 21 heteroatoms. The summed E-state index contributed by atoms with van der Waals surface area (Å²) in [4.78, 5) is 15.1. The van der Waals surface area contributed by atoms with Crippen LogP contribution in [0.15, 0.2) is 104 Å². The second kappa shape index (κ2) is 20.7. The molecule has 0 aliphatic rings. The Balaban J connectivity index is 0.000000144. The van der Waals surface area contributed by atoms with Crippen molar-refractivity contribution < 1.29 is 9.47 Å². The molecule has 0 unspecified atom stereocenters. The normalized spacial score (nSPS) is 10.7. The monoisotopic (exact) mass is 884 g/mol. The summed E-state index contributed by atoms with van der Waals surface area (Å²) in [5.41, 5.74) is 6.38. The highest BCUT2D eigenvalue weighted by molar-refractivity contribution is 6.33. The van der Waals surface area contributed by atoms with Crippen molar-refractivity contribution in [2.45, 2.75) is 19.9 Å². The van der Waals surface area contributed by atoms with Crippen LogP contribution in [0.3, 0.4) is 0 Å². The minimum absolute atomic E-state index is 0.557. The van der Waals surface area contributed by atoms with Crippen molar-refractivity contribution in [1.82, 2.24) is 58.7 Å². The third kappa shape index (κ3) is 10.2. The molecule has 0 bridgehead atoms. The van der Waals surface area contributed by atoms with Crippen LogP contribution in [0.2, 0.25) is 5.02 Å². The van der Waals surface area contributed by atoms with Crippen molar-refractivity contribution in [3.8, 4) is 11.5 Å². The van der Waals surface area contributed by atoms with Gasteiger partial charge in [-0.05, 0) is 54.3 Å². The molecule has 0 amide bonds. The maximum Gasteiger partial charge on any atom is 0.228 e. The summed E-state index contributed by atoms with van der Waals surface area (Å²) in [5.74, 6) is 5.70. The molecule has 0 spiro atoms. The Morgan fingerprint density at radius 1 is 0.625 bits per heavy atom. The number of rotatable bonds is 14. The maximum atomic E-state index is 6.19. The smallest absolute Gasteiger partial charge is 0.228 e. The molecule has 64 heavy (non-hydrogen) atoms. The fraction of sp³-hybridized carbons (Fsp3) is 0.233. The topological polar surface area (TPSA) is 211 Å². The van der Waals surface area contributed by atoms with Crippen LogP contribution in [0.5, 0.6) is 11.5 Å². The summed E-state index contributed by atoms with van der Waals surface area (Å²) in [6.45, 7) is 3.59. The number of nitrogens with zero attached hydrogens (tertiary/aromatic N) is 13. The van der Waals surface area contributed by atoms with Crippen molar-refractivity contribution in [3.05, 3.63) is 126 Å². The number of hydrogen-bond acceptors (Lipinski definition) is 17. The van der Waals surface area contributed by atoms with E-state index >= 15 is 0 Å². The molecule has 0 radical (unpaired) electrons. The molecule has 0 saturated heterocycles. The Labute approximate surface area is 374 Å². The van der Waals surface area contributed by atoms with Crippen molar-refractivity contribution >= 4 is 69.5 Å². The highest BCUT2D eigenvalue weighted by Gasteiger charge is 2.14. The first kappa shape index (κ1) is 44.1. The van der Waals surface area contributed by atoms with Crippen LogP contribution < -0.4 is 41.0 Å². The average Bonchev–Trinajstić information content (AvgIpc) is 4.08. The fourth-order valence-electron chi connectivity index (χ4n) is 6.66. The summed E-state index contributed by atoms with van der Waals surface area (Å²) in [5, 5.41) is 40.7. The number of ether oxygens (including phenoxy) is 2. The lowest BCUT2D eigenvalue weighted by Gasteiger charge is -2.18. The van der Waals surface area contributed by atoms with Gasteiger partial charge >= 0.3 is 0 Å². The van der Waals surface area contributed by atoms with E-state index in [4.69, 9.17) is 21.1 Å². The molecule has 0 aliphatic carbocycles. The van der Waals surface area contributed by atoms with Crippen LogP contribution in [0.1, 0.15) is 16.7 Å². The first-order valence-corrected chi connectivity index (χ1v) is 20.5. The van der Waals surface area contributed by atoms with E-state index in [2.05, 4.69) is 108 Å². The molecule has 0 saturated carbocycles. The van der Waals surface area contributed by atoms with Gasteiger partial charge in [0.1, 0.15) is 11.5 Å². The molecular weight excluding hydrogens is 836 g/mol. The largest absolute Gasteiger partial charge is 0.497 e. The Kier molecular flexibility index (Phi) is 14.3. The maximum absolute atomic E-state index is 6.19. The van der Waals surface area contributed by atoms with Gasteiger partial charge in [-0.15, -0.1) is 30.6 Å². The molecule has 9 rings (SSSR count). The van der Waals surface area contributed by atoms with Gasteiger partial charge in [0.05, 0.1) is 24.9 Å². The lowest BCUT2D eigenvalue weighted by molar-refractivity contribution is 0.414. The van der Waals surface area contributed by atoms with E-state index in [1.165, 1.54) is 16.7 Å². The zero-order valence-corrected chi connectivity index (χ0v) is 37.2. The Morgan fingerprint density at radius 2 is 1.20 bits per heavy atom. The van der Waals surface area contributed by atoms with Crippen molar-refractivity contribution in [3.63, 3.8) is 0 Å². The number of methoxy groups -OCH3 is 2. The quantitative estimate of drug-likeness (QED) is 0.0788. The number of halogens is 1. The van der Waals surface area contributed by atoms with E-state index in [0.717, 1.165) is 42.5 Å². The van der Waals surface area contributed by atoms with E-state index in [1.807, 2.05) is 66.6 Å². The highest BCUT2D eigenvalue weighted by Crippen LogP contribution is 2.30. The van der Waals surface area contributed by atoms with E-state index in [0.29, 0.717) is 51.4 Å². The third-order valence-electron chi connectivity index (χ3n) is 9.74. The van der Waals surface area contributed by atoms with Gasteiger partial charge < -0.3 is 41.0 Å². The molecule has 5 N–H and O–H groups in total. The van der Waals surface area contributed by atoms with Crippen LogP contribution in [0.25, 0.3) is 16.9 Å². The lowest BCUT2D eigenvalue weighted by atomic mass is 10.1. The molecule has 0 fully saturated rings. The Hall–Kier alpha value is -8.00. The second-order valence-corrected chi connectivity index (χ2v) is 14.5. The predicted octanol–water partition coefficient (Wildman–Crippen LogP) is 6.51. The summed E-state index contributed by atoms with van der Waals surface area (Å²) in [6.07, 6.45) is 11.5. The minimum Gasteiger partial charge on any atom is -0.497 e. The Bertz CT molecular complexity index is 2940. The van der Waals surface area contributed by atoms with Crippen molar-refractivity contribution in [2.24, 2.45) is 0 Å². The van der Waals surface area contributed by atoms with Crippen LogP contribution >= 0.6 is 11.6 Å². The molecule has 0 atom stereocenters. The summed E-state index contributed by atoms with van der Waals surface area (Å²) >= 11 is 6.19. The number of benzene rings is 3. The number of aryl methyl sites for hydroxylation is 1. The SMILES string of the molecule is CNc1nnc2c(N(C)Cc3ccccc3)nccn12.CNc1nnc2c(NCCc3cc(C)cc(OC)c3)nccn12.CNc1nnc2c(Nc3cc(OC)ccc3Cl)nccn12. The molecular formula is C43H49ClN18O2. The molecule has 20 nitrogen and oxygen atoms in total. The summed E-state index contributed by atoms with van der Waals surface area (Å²) < 4.78 is 16.1. The standard InChI is InChI=1S/C16H20N6O.C14H16N6.C13H13ClN6O/c1-11-8-12(10-13(9-11)23-3)4-5-18-14-15-20-21-16(17-2)22(15)7-6-19-14;1-15-14-18-17-13-12(16-8-9-20(13)14)19(2)10-11-6-4-3-5-7-11;1-15-13-19-18-12-11(16-5-6-20(12)13)17-10-7-8(21-2)3-4-9(10)14/h6-10H,4-5H2,1-3H3,(H,17,21)(H,18,19);3-9H,10H2,1-2H3,(H,15,18);3-7H,1-2H3,(H,15,19)(H,16,17). The molecule has 0 aliphatic heterocycles. The number of hydrogen-bond donors (Lipinski definition) is 5. The van der Waals surface area contributed by atoms with Gasteiger partial charge in [0.15, 0.2) is 17.5 Å². The predicted molar refractivity (Wildman–Crippen MR) is 251 cm³/mol. The number of aromatic nitrogens is 12. The first-order chi connectivity index (χ1) is 31.2. The molecule has 9 aromatic rings. The van der Waals surface area contributed by atoms with Gasteiger partial charge in [0.2, 0.25) is 34.8 Å². The average molecular weight is 885 g/mol. The summed E-state index contributed by atoms with van der Waals surface area (Å²) in [7, 11) is 10.7. The van der Waals surface area contributed by atoms with Gasteiger partial charge in [0.25, 0.3) is 0 Å². The van der Waals surface area contributed by atoms with Crippen LogP contribution in [-0.4, -0.2) is 108 Å². The van der Waals surface area contributed by atoms with Crippen LogP contribution in [0, 0.1) is 6.92 Å². The zero-order chi connectivity index (χ0) is 45.0. The van der Waals surface area contributed by atoms with Gasteiger partial charge in [0, 0.05) is 84.5 Å². The Morgan fingerprint density at radius 3 is 1.83 bits per heavy atom. The van der Waals surface area contributed by atoms with E-state index in [-0.39, 0.29) is 0 Å². The number of fused-ring (bicyclic) bond motifs is 3. The van der Waals surface area contributed by atoms with E-state index in [9.17, 15) is 0 Å².